The van der Waals surface area contributed by atoms with Gasteiger partial charge >= 0.3 is 5.97 Å². The van der Waals surface area contributed by atoms with Crippen molar-refractivity contribution >= 4 is 40.3 Å². The van der Waals surface area contributed by atoms with E-state index in [0.717, 1.165) is 16.7 Å². The lowest BCUT2D eigenvalue weighted by molar-refractivity contribution is -0.135. The zero-order valence-corrected chi connectivity index (χ0v) is 13.3. The summed E-state index contributed by atoms with van der Waals surface area (Å²) >= 11 is 0.822. The van der Waals surface area contributed by atoms with Gasteiger partial charge in [-0.05, 0) is 36.0 Å². The van der Waals surface area contributed by atoms with E-state index in [9.17, 15) is 19.5 Å². The van der Waals surface area contributed by atoms with Crippen LogP contribution in [0.1, 0.15) is 0 Å². The van der Waals surface area contributed by atoms with Crippen LogP contribution in [0.15, 0.2) is 60.7 Å². The van der Waals surface area contributed by atoms with Gasteiger partial charge in [0.1, 0.15) is 6.54 Å². The second kappa shape index (κ2) is 6.76. The highest BCUT2D eigenvalue weighted by atomic mass is 32.2. The van der Waals surface area contributed by atoms with Crippen molar-refractivity contribution in [1.82, 2.24) is 0 Å². The first kappa shape index (κ1) is 16.1. The molecule has 6 nitrogen and oxygen atoms in total. The molecule has 1 aliphatic heterocycles. The molecule has 1 atom stereocenters. The molecule has 0 spiro atoms. The van der Waals surface area contributed by atoms with Gasteiger partial charge in [-0.1, -0.05) is 36.4 Å². The first-order valence-corrected chi connectivity index (χ1v) is 8.09. The summed E-state index contributed by atoms with van der Waals surface area (Å²) in [5.41, 5.74) is 1.05. The molecule has 7 heteroatoms. The van der Waals surface area contributed by atoms with Crippen molar-refractivity contribution in [2.75, 3.05) is 16.3 Å². The van der Waals surface area contributed by atoms with E-state index in [-0.39, 0.29) is 6.54 Å². The molecule has 2 aromatic rings. The molecule has 1 N–H and O–H groups in total. The third kappa shape index (κ3) is 3.11. The molecule has 0 radical (unpaired) electrons. The van der Waals surface area contributed by atoms with Gasteiger partial charge in [-0.3, -0.25) is 14.4 Å². The summed E-state index contributed by atoms with van der Waals surface area (Å²) in [5, 5.41) is 7.86. The molecule has 0 aromatic heterocycles. The number of para-hydroxylation sites is 2. The van der Waals surface area contributed by atoms with E-state index >= 15 is 0 Å². The van der Waals surface area contributed by atoms with E-state index in [1.165, 1.54) is 4.90 Å². The number of hydrogen-bond donors (Lipinski definition) is 1. The van der Waals surface area contributed by atoms with Crippen LogP contribution in [0.4, 0.5) is 16.2 Å². The predicted molar refractivity (Wildman–Crippen MR) is 92.1 cm³/mol. The van der Waals surface area contributed by atoms with E-state index in [1.807, 2.05) is 0 Å². The van der Waals surface area contributed by atoms with Gasteiger partial charge in [0, 0.05) is 5.69 Å². The Hall–Kier alpha value is -2.80. The Morgan fingerprint density at radius 1 is 1.04 bits per heavy atom. The van der Waals surface area contributed by atoms with E-state index in [2.05, 4.69) is 0 Å². The molecule has 0 saturated carbocycles. The van der Waals surface area contributed by atoms with Crippen LogP contribution in [0, 0.1) is 0 Å². The standard InChI is InChI=1S/C17H14N2O4S/c20-14(21)11-18(12-7-3-1-4-8-12)16-15(22)19(17(23)24-16)13-9-5-2-6-10-13/h1-10,16H,11H2,(H,20,21). The van der Waals surface area contributed by atoms with Crippen LogP contribution >= 0.6 is 11.8 Å². The number of benzene rings is 2. The van der Waals surface area contributed by atoms with Crippen LogP contribution in [0.5, 0.6) is 0 Å². The summed E-state index contributed by atoms with van der Waals surface area (Å²) in [6.45, 7) is -0.372. The van der Waals surface area contributed by atoms with E-state index in [0.29, 0.717) is 11.4 Å². The van der Waals surface area contributed by atoms with Gasteiger partial charge in [0.2, 0.25) is 0 Å². The van der Waals surface area contributed by atoms with Gasteiger partial charge in [0.15, 0.2) is 5.37 Å². The molecule has 2 amide bonds. The lowest BCUT2D eigenvalue weighted by Crippen LogP contribution is -2.43. The fourth-order valence-electron chi connectivity index (χ4n) is 2.48. The number of carboxylic acids is 1. The maximum absolute atomic E-state index is 12.8. The molecular weight excluding hydrogens is 328 g/mol. The Labute approximate surface area is 142 Å². The number of imide groups is 1. The van der Waals surface area contributed by atoms with Gasteiger partial charge < -0.3 is 10.0 Å². The average Bonchev–Trinajstić information content (AvgIpc) is 2.88. The Bertz CT molecular complexity index is 767. The zero-order chi connectivity index (χ0) is 17.1. The molecule has 1 fully saturated rings. The van der Waals surface area contributed by atoms with Crippen molar-refractivity contribution in [2.45, 2.75) is 5.37 Å². The number of aliphatic carboxylic acids is 1. The van der Waals surface area contributed by atoms with Crippen molar-refractivity contribution < 1.29 is 19.5 Å². The van der Waals surface area contributed by atoms with Crippen molar-refractivity contribution in [3.05, 3.63) is 60.7 Å². The molecule has 1 heterocycles. The Morgan fingerprint density at radius 2 is 1.62 bits per heavy atom. The average molecular weight is 342 g/mol. The molecule has 3 rings (SSSR count). The summed E-state index contributed by atoms with van der Waals surface area (Å²) in [7, 11) is 0. The lowest BCUT2D eigenvalue weighted by atomic mass is 10.2. The fraction of sp³-hybridized carbons (Fsp3) is 0.118. The molecule has 1 saturated heterocycles. The van der Waals surface area contributed by atoms with Gasteiger partial charge in [-0.25, -0.2) is 4.90 Å². The largest absolute Gasteiger partial charge is 0.480 e. The smallest absolute Gasteiger partial charge is 0.323 e. The number of carbonyl (C=O) groups excluding carboxylic acids is 2. The van der Waals surface area contributed by atoms with E-state index in [4.69, 9.17) is 0 Å². The van der Waals surface area contributed by atoms with E-state index in [1.54, 1.807) is 60.7 Å². The van der Waals surface area contributed by atoms with Crippen LogP contribution in [-0.2, 0) is 9.59 Å². The third-order valence-electron chi connectivity index (χ3n) is 3.52. The second-order valence-electron chi connectivity index (χ2n) is 5.10. The number of carbonyl (C=O) groups is 3. The summed E-state index contributed by atoms with van der Waals surface area (Å²) < 4.78 is 0. The molecule has 0 bridgehead atoms. The number of hydrogen-bond acceptors (Lipinski definition) is 5. The second-order valence-corrected chi connectivity index (χ2v) is 6.13. The summed E-state index contributed by atoms with van der Waals surface area (Å²) in [6, 6.07) is 17.3. The highest BCUT2D eigenvalue weighted by molar-refractivity contribution is 8.16. The van der Waals surface area contributed by atoms with Gasteiger partial charge in [-0.15, -0.1) is 0 Å². The van der Waals surface area contributed by atoms with Crippen molar-refractivity contribution in [3.63, 3.8) is 0 Å². The van der Waals surface area contributed by atoms with Gasteiger partial charge in [-0.2, -0.15) is 0 Å². The zero-order valence-electron chi connectivity index (χ0n) is 12.5. The first-order valence-electron chi connectivity index (χ1n) is 7.21. The van der Waals surface area contributed by atoms with Crippen LogP contribution in [-0.4, -0.2) is 34.1 Å². The van der Waals surface area contributed by atoms with Crippen LogP contribution < -0.4 is 9.80 Å². The van der Waals surface area contributed by atoms with E-state index < -0.39 is 22.5 Å². The first-order chi connectivity index (χ1) is 11.6. The summed E-state index contributed by atoms with van der Waals surface area (Å²) in [5.74, 6) is -1.51. The monoisotopic (exact) mass is 342 g/mol. The van der Waals surface area contributed by atoms with Crippen LogP contribution in [0.3, 0.4) is 0 Å². The van der Waals surface area contributed by atoms with Crippen molar-refractivity contribution in [1.29, 1.82) is 0 Å². The molecular formula is C17H14N2O4S. The topological polar surface area (TPSA) is 77.9 Å². The minimum absolute atomic E-state index is 0.372. The Kier molecular flexibility index (Phi) is 4.52. The van der Waals surface area contributed by atoms with Crippen LogP contribution in [0.2, 0.25) is 0 Å². The molecule has 1 aliphatic rings. The third-order valence-corrected chi connectivity index (χ3v) is 4.58. The molecule has 2 aromatic carbocycles. The lowest BCUT2D eigenvalue weighted by Gasteiger charge is -2.27. The minimum Gasteiger partial charge on any atom is -0.480 e. The maximum Gasteiger partial charge on any atom is 0.323 e. The van der Waals surface area contributed by atoms with Gasteiger partial charge in [0.05, 0.1) is 5.69 Å². The summed E-state index contributed by atoms with van der Waals surface area (Å²) in [4.78, 5) is 38.8. The highest BCUT2D eigenvalue weighted by Crippen LogP contribution is 2.35. The quantitative estimate of drug-likeness (QED) is 0.900. The molecule has 1 unspecified atom stereocenters. The molecule has 24 heavy (non-hydrogen) atoms. The number of rotatable bonds is 5. The van der Waals surface area contributed by atoms with Crippen LogP contribution in [0.25, 0.3) is 0 Å². The Balaban J connectivity index is 1.93. The fourth-order valence-corrected chi connectivity index (χ4v) is 3.50. The molecule has 122 valence electrons. The predicted octanol–water partition coefficient (Wildman–Crippen LogP) is 2.80. The van der Waals surface area contributed by atoms with Crippen molar-refractivity contribution in [3.8, 4) is 0 Å². The van der Waals surface area contributed by atoms with Gasteiger partial charge in [0.25, 0.3) is 11.1 Å². The highest BCUT2D eigenvalue weighted by Gasteiger charge is 2.44. The SMILES string of the molecule is O=C(O)CN(c1ccccc1)C1SC(=O)N(c2ccccc2)C1=O. The van der Waals surface area contributed by atoms with Crippen molar-refractivity contribution in [2.24, 2.45) is 0 Å². The Morgan fingerprint density at radius 3 is 2.21 bits per heavy atom. The normalized spacial score (nSPS) is 17.2. The number of amides is 2. The number of carboxylic acid groups (broad SMARTS) is 1. The number of anilines is 2. The number of nitrogens with zero attached hydrogens (tertiary/aromatic N) is 2. The summed E-state index contributed by atoms with van der Waals surface area (Å²) in [6.07, 6.45) is 0. The maximum atomic E-state index is 12.8. The molecule has 0 aliphatic carbocycles. The number of thioether (sulfide) groups is 1. The minimum atomic E-state index is -1.07.